The van der Waals surface area contributed by atoms with Crippen LogP contribution >= 0.6 is 0 Å². The Kier molecular flexibility index (Phi) is 7.14. The molecule has 9 atom stereocenters. The van der Waals surface area contributed by atoms with Crippen molar-refractivity contribution in [2.45, 2.75) is 104 Å². The highest BCUT2D eigenvalue weighted by atomic mass is 16.6. The summed E-state index contributed by atoms with van der Waals surface area (Å²) in [5, 5.41) is 14.4. The van der Waals surface area contributed by atoms with Crippen molar-refractivity contribution in [3.63, 3.8) is 0 Å². The van der Waals surface area contributed by atoms with Gasteiger partial charge in [-0.05, 0) is 111 Å². The van der Waals surface area contributed by atoms with Crippen LogP contribution in [0.3, 0.4) is 0 Å². The van der Waals surface area contributed by atoms with Crippen LogP contribution in [0.25, 0.3) is 0 Å². The first-order valence-corrected chi connectivity index (χ1v) is 13.3. The van der Waals surface area contributed by atoms with E-state index in [4.69, 9.17) is 16.3 Å². The van der Waals surface area contributed by atoms with Gasteiger partial charge in [0.2, 0.25) is 6.23 Å². The number of rotatable bonds is 6. The van der Waals surface area contributed by atoms with Crippen LogP contribution in [0.15, 0.2) is 21.8 Å². The van der Waals surface area contributed by atoms with Crippen LogP contribution in [0.4, 0.5) is 0 Å². The highest BCUT2D eigenvalue weighted by molar-refractivity contribution is 5.77. The van der Waals surface area contributed by atoms with E-state index >= 15 is 0 Å². The summed E-state index contributed by atoms with van der Waals surface area (Å²) in [5.41, 5.74) is 12.9. The number of nitrogens with two attached hydrogens (primary N) is 2. The number of aliphatic hydroxyl groups is 1. The third kappa shape index (κ3) is 4.69. The van der Waals surface area contributed by atoms with Crippen LogP contribution in [0.2, 0.25) is 0 Å². The first-order valence-electron chi connectivity index (χ1n) is 13.3. The van der Waals surface area contributed by atoms with Crippen molar-refractivity contribution >= 4 is 12.2 Å². The lowest BCUT2D eigenvalue weighted by atomic mass is 9.44. The second kappa shape index (κ2) is 9.59. The molecule has 186 valence electrons. The molecule has 0 heterocycles. The number of fused-ring (bicyclic) bond motifs is 5. The zero-order valence-electron chi connectivity index (χ0n) is 21.2. The topological polar surface area (TPSA) is 106 Å². The van der Waals surface area contributed by atoms with Gasteiger partial charge < -0.3 is 21.4 Å². The summed E-state index contributed by atoms with van der Waals surface area (Å²) in [7, 11) is 0. The molecule has 0 radical (unpaired) electrons. The molecule has 6 nitrogen and oxygen atoms in total. The molecule has 4 aliphatic carbocycles. The average Bonchev–Trinajstić information content (AvgIpc) is 3.09. The van der Waals surface area contributed by atoms with Gasteiger partial charge in [0, 0.05) is 6.42 Å². The normalized spacial score (nSPS) is 44.0. The second-order valence-corrected chi connectivity index (χ2v) is 12.0. The van der Waals surface area contributed by atoms with Crippen molar-refractivity contribution in [1.82, 2.24) is 0 Å². The highest BCUT2D eigenvalue weighted by Gasteiger charge is 2.59. The molecule has 0 spiro atoms. The lowest BCUT2D eigenvalue weighted by molar-refractivity contribution is -0.124. The van der Waals surface area contributed by atoms with E-state index in [0.29, 0.717) is 23.2 Å². The third-order valence-electron chi connectivity index (χ3n) is 10.3. The lowest BCUT2D eigenvalue weighted by Gasteiger charge is -2.61. The zero-order chi connectivity index (χ0) is 23.8. The summed E-state index contributed by atoms with van der Waals surface area (Å²) < 4.78 is 0. The van der Waals surface area contributed by atoms with E-state index in [1.54, 1.807) is 0 Å². The summed E-state index contributed by atoms with van der Waals surface area (Å²) in [5.74, 6) is 3.90. The van der Waals surface area contributed by atoms with E-state index in [9.17, 15) is 5.11 Å². The van der Waals surface area contributed by atoms with Gasteiger partial charge in [-0.25, -0.2) is 4.99 Å². The molecule has 33 heavy (non-hydrogen) atoms. The van der Waals surface area contributed by atoms with Crippen LogP contribution in [-0.4, -0.2) is 29.6 Å². The van der Waals surface area contributed by atoms with Crippen molar-refractivity contribution in [3.05, 3.63) is 11.6 Å². The second-order valence-electron chi connectivity index (χ2n) is 12.0. The van der Waals surface area contributed by atoms with Gasteiger partial charge in [-0.3, -0.25) is 0 Å². The quantitative estimate of drug-likeness (QED) is 0.297. The summed E-state index contributed by atoms with van der Waals surface area (Å²) in [6.45, 7) is 9.22. The molecule has 4 rings (SSSR count). The minimum atomic E-state index is -0.430. The number of guanidine groups is 1. The SMILES string of the molecule is CCC(N=C(N)N)O/N=C/C(C)=C/[C@H]1CC[C@H]2[C@@H]3CC[C@@H]4C[C@@H](O)CC[C@]4(C)[C@H]3CC[C@]12C. The van der Waals surface area contributed by atoms with Crippen molar-refractivity contribution in [2.24, 2.45) is 62.0 Å². The molecule has 4 aliphatic rings. The maximum atomic E-state index is 10.3. The van der Waals surface area contributed by atoms with Gasteiger partial charge in [0.25, 0.3) is 0 Å². The molecule has 5 N–H and O–H groups in total. The van der Waals surface area contributed by atoms with E-state index in [1.165, 1.54) is 44.9 Å². The van der Waals surface area contributed by atoms with E-state index in [-0.39, 0.29) is 12.1 Å². The Labute approximate surface area is 200 Å². The summed E-state index contributed by atoms with van der Waals surface area (Å²) in [6.07, 6.45) is 15.7. The van der Waals surface area contributed by atoms with E-state index in [0.717, 1.165) is 42.1 Å². The van der Waals surface area contributed by atoms with Crippen molar-refractivity contribution < 1.29 is 9.94 Å². The Hall–Kier alpha value is -1.56. The van der Waals surface area contributed by atoms with Gasteiger partial charge in [0.1, 0.15) is 0 Å². The molecule has 0 aromatic heterocycles. The van der Waals surface area contributed by atoms with Crippen LogP contribution in [0, 0.1) is 40.4 Å². The molecule has 6 heteroatoms. The minimum Gasteiger partial charge on any atom is -0.393 e. The Morgan fingerprint density at radius 1 is 1.06 bits per heavy atom. The predicted octanol–water partition coefficient (Wildman–Crippen LogP) is 4.96. The van der Waals surface area contributed by atoms with Gasteiger partial charge in [-0.2, -0.15) is 0 Å². The molecule has 4 saturated carbocycles. The molecule has 0 saturated heterocycles. The average molecular weight is 459 g/mol. The number of nitrogens with zero attached hydrogens (tertiary/aromatic N) is 2. The number of aliphatic imine (C=N–C) groups is 1. The monoisotopic (exact) mass is 458 g/mol. The first kappa shape index (κ1) is 24.6. The Balaban J connectivity index is 1.43. The van der Waals surface area contributed by atoms with Gasteiger partial charge in [-0.15, -0.1) is 0 Å². The van der Waals surface area contributed by atoms with Gasteiger partial charge in [0.15, 0.2) is 5.96 Å². The zero-order valence-corrected chi connectivity index (χ0v) is 21.2. The van der Waals surface area contributed by atoms with Crippen LogP contribution in [-0.2, 0) is 4.84 Å². The molecule has 0 aromatic rings. The summed E-state index contributed by atoms with van der Waals surface area (Å²) in [4.78, 5) is 9.51. The highest BCUT2D eigenvalue weighted by Crippen LogP contribution is 2.67. The van der Waals surface area contributed by atoms with Gasteiger partial charge >= 0.3 is 0 Å². The molecular formula is C27H46N4O2. The third-order valence-corrected chi connectivity index (χ3v) is 10.3. The largest absolute Gasteiger partial charge is 0.393 e. The Morgan fingerprint density at radius 2 is 1.79 bits per heavy atom. The predicted molar refractivity (Wildman–Crippen MR) is 134 cm³/mol. The first-order chi connectivity index (χ1) is 15.7. The number of allylic oxidation sites excluding steroid dienone is 2. The van der Waals surface area contributed by atoms with E-state index in [1.807, 2.05) is 13.1 Å². The fraction of sp³-hybridized carbons (Fsp3) is 0.852. The fourth-order valence-corrected chi connectivity index (χ4v) is 8.45. The number of hydrogen-bond donors (Lipinski definition) is 3. The molecule has 0 aromatic carbocycles. The molecular weight excluding hydrogens is 412 g/mol. The molecule has 0 bridgehead atoms. The van der Waals surface area contributed by atoms with Crippen molar-refractivity contribution in [3.8, 4) is 0 Å². The molecule has 4 fully saturated rings. The van der Waals surface area contributed by atoms with Gasteiger partial charge in [0.05, 0.1) is 12.3 Å². The minimum absolute atomic E-state index is 0.0251. The van der Waals surface area contributed by atoms with Crippen LogP contribution < -0.4 is 11.5 Å². The van der Waals surface area contributed by atoms with E-state index < -0.39 is 6.23 Å². The van der Waals surface area contributed by atoms with Crippen LogP contribution in [0.5, 0.6) is 0 Å². The maximum absolute atomic E-state index is 10.3. The van der Waals surface area contributed by atoms with Crippen LogP contribution in [0.1, 0.15) is 91.9 Å². The Bertz CT molecular complexity index is 791. The molecule has 0 aliphatic heterocycles. The van der Waals surface area contributed by atoms with E-state index in [2.05, 4.69) is 37.0 Å². The fourth-order valence-electron chi connectivity index (χ4n) is 8.45. The summed E-state index contributed by atoms with van der Waals surface area (Å²) >= 11 is 0. The number of hydrogen-bond acceptors (Lipinski definition) is 4. The number of aliphatic hydroxyl groups excluding tert-OH is 1. The smallest absolute Gasteiger partial charge is 0.220 e. The van der Waals surface area contributed by atoms with Gasteiger partial charge in [-0.1, -0.05) is 32.0 Å². The molecule has 1 unspecified atom stereocenters. The van der Waals surface area contributed by atoms with Crippen molar-refractivity contribution in [2.75, 3.05) is 0 Å². The standard InChI is InChI=1S/C27H46N4O2/c1-5-24(31-25(28)29)33-30-16-17(2)14-18-7-9-22-21-8-6-19-15-20(32)10-12-26(19,3)23(21)11-13-27(18,22)4/h14,16,18-24,32H,5-13,15H2,1-4H3,(H4,28,29,31)/b17-14+,30-16+/t18-,19-,20+,21+,22+,23+,24?,26+,27-/m1/s1. The number of oxime groups is 1. The summed E-state index contributed by atoms with van der Waals surface area (Å²) in [6, 6.07) is 0. The Morgan fingerprint density at radius 3 is 2.52 bits per heavy atom. The lowest BCUT2D eigenvalue weighted by Crippen LogP contribution is -2.53. The van der Waals surface area contributed by atoms with Crippen molar-refractivity contribution in [1.29, 1.82) is 0 Å². The molecule has 0 amide bonds. The maximum Gasteiger partial charge on any atom is 0.220 e.